The molecule has 0 saturated heterocycles. The predicted octanol–water partition coefficient (Wildman–Crippen LogP) is 3.43. The van der Waals surface area contributed by atoms with E-state index in [1.165, 1.54) is 0 Å². The first kappa shape index (κ1) is 13.4. The van der Waals surface area contributed by atoms with Crippen molar-refractivity contribution in [2.45, 2.75) is 13.3 Å². The average molecular weight is 278 g/mol. The third-order valence-electron chi connectivity index (χ3n) is 2.49. The molecule has 1 aromatic carbocycles. The van der Waals surface area contributed by atoms with Gasteiger partial charge in [-0.3, -0.25) is 4.79 Å². The van der Waals surface area contributed by atoms with Crippen molar-refractivity contribution in [3.8, 4) is 0 Å². The minimum Gasteiger partial charge on any atom is -0.481 e. The Labute approximate surface area is 115 Å². The summed E-state index contributed by atoms with van der Waals surface area (Å²) in [5, 5.41) is 9.37. The van der Waals surface area contributed by atoms with Crippen LogP contribution < -0.4 is 0 Å². The molecule has 4 nitrogen and oxygen atoms in total. The fourth-order valence-corrected chi connectivity index (χ4v) is 1.81. The lowest BCUT2D eigenvalue weighted by Crippen LogP contribution is -2.01. The number of rotatable bonds is 4. The molecule has 1 heterocycles. The fraction of sp³-hybridized carbons (Fsp3) is 0.143. The van der Waals surface area contributed by atoms with Crippen LogP contribution in [0.5, 0.6) is 0 Å². The van der Waals surface area contributed by atoms with Crippen LogP contribution in [-0.4, -0.2) is 16.1 Å². The molecule has 0 spiro atoms. The number of oxazole rings is 1. The molecule has 1 aromatic heterocycles. The molecule has 0 fully saturated rings. The molecule has 0 bridgehead atoms. The van der Waals surface area contributed by atoms with Gasteiger partial charge in [-0.05, 0) is 30.7 Å². The van der Waals surface area contributed by atoms with Crippen LogP contribution in [0, 0.1) is 6.92 Å². The molecule has 0 radical (unpaired) electrons. The molecule has 1 N–H and O–H groups in total. The second-order valence-corrected chi connectivity index (χ2v) is 4.45. The third-order valence-corrected chi connectivity index (χ3v) is 2.73. The highest BCUT2D eigenvalue weighted by Gasteiger charge is 2.10. The molecule has 0 saturated carbocycles. The van der Waals surface area contributed by atoms with Crippen molar-refractivity contribution in [3.63, 3.8) is 0 Å². The maximum absolute atomic E-state index is 10.6. The molecule has 5 heteroatoms. The van der Waals surface area contributed by atoms with Crippen LogP contribution in [0.3, 0.4) is 0 Å². The lowest BCUT2D eigenvalue weighted by atomic mass is 10.2. The number of nitrogens with zero attached hydrogens (tertiary/aromatic N) is 1. The summed E-state index contributed by atoms with van der Waals surface area (Å²) >= 11 is 5.88. The number of carboxylic acid groups (broad SMARTS) is 1. The van der Waals surface area contributed by atoms with E-state index in [1.54, 1.807) is 19.1 Å². The smallest absolute Gasteiger partial charge is 0.309 e. The first-order chi connectivity index (χ1) is 9.04. The molecule has 0 aliphatic rings. The highest BCUT2D eigenvalue weighted by Crippen LogP contribution is 2.15. The van der Waals surface area contributed by atoms with Gasteiger partial charge in [-0.1, -0.05) is 23.7 Å². The molecule has 0 aliphatic heterocycles. The Bertz CT molecular complexity index is 631. The maximum Gasteiger partial charge on any atom is 0.309 e. The molecule has 98 valence electrons. The molecule has 0 amide bonds. The van der Waals surface area contributed by atoms with Gasteiger partial charge in [0.15, 0.2) is 0 Å². The zero-order chi connectivity index (χ0) is 13.8. The number of carbonyl (C=O) groups is 1. The van der Waals surface area contributed by atoms with Gasteiger partial charge in [0, 0.05) is 11.1 Å². The Kier molecular flexibility index (Phi) is 4.02. The molecular weight excluding hydrogens is 266 g/mol. The number of benzene rings is 1. The first-order valence-electron chi connectivity index (χ1n) is 5.66. The van der Waals surface area contributed by atoms with Gasteiger partial charge < -0.3 is 9.52 Å². The van der Waals surface area contributed by atoms with Crippen molar-refractivity contribution in [1.29, 1.82) is 0 Å². The molecular formula is C14H12ClNO3. The quantitative estimate of drug-likeness (QED) is 0.930. The fourth-order valence-electron chi connectivity index (χ4n) is 1.61. The Morgan fingerprint density at radius 1 is 1.47 bits per heavy atom. The van der Waals surface area contributed by atoms with Gasteiger partial charge in [0.2, 0.25) is 5.89 Å². The van der Waals surface area contributed by atoms with Crippen LogP contribution in [0.25, 0.3) is 12.2 Å². The van der Waals surface area contributed by atoms with E-state index in [0.717, 1.165) is 5.56 Å². The zero-order valence-electron chi connectivity index (χ0n) is 10.3. The van der Waals surface area contributed by atoms with Crippen molar-refractivity contribution in [2.75, 3.05) is 0 Å². The van der Waals surface area contributed by atoms with E-state index in [1.807, 2.05) is 24.3 Å². The van der Waals surface area contributed by atoms with Crippen LogP contribution in [0.2, 0.25) is 5.02 Å². The van der Waals surface area contributed by atoms with Gasteiger partial charge >= 0.3 is 5.97 Å². The Morgan fingerprint density at radius 2 is 2.26 bits per heavy atom. The summed E-state index contributed by atoms with van der Waals surface area (Å²) < 4.78 is 5.37. The minimum absolute atomic E-state index is 0.139. The van der Waals surface area contributed by atoms with Crippen molar-refractivity contribution in [2.24, 2.45) is 0 Å². The van der Waals surface area contributed by atoms with E-state index in [-0.39, 0.29) is 6.42 Å². The maximum atomic E-state index is 10.6. The van der Waals surface area contributed by atoms with E-state index in [0.29, 0.717) is 22.4 Å². The number of aryl methyl sites for hydroxylation is 1. The van der Waals surface area contributed by atoms with E-state index in [9.17, 15) is 4.79 Å². The summed E-state index contributed by atoms with van der Waals surface area (Å²) in [6.07, 6.45) is 3.35. The van der Waals surface area contributed by atoms with Crippen molar-refractivity contribution in [1.82, 2.24) is 4.98 Å². The Hall–Kier alpha value is -2.07. The summed E-state index contributed by atoms with van der Waals surface area (Å²) in [6, 6.07) is 7.35. The van der Waals surface area contributed by atoms with Gasteiger partial charge in [0.1, 0.15) is 5.76 Å². The molecule has 0 aliphatic carbocycles. The number of halogens is 1. The van der Waals surface area contributed by atoms with Crippen molar-refractivity contribution < 1.29 is 14.3 Å². The lowest BCUT2D eigenvalue weighted by Gasteiger charge is -1.92. The largest absolute Gasteiger partial charge is 0.481 e. The van der Waals surface area contributed by atoms with Gasteiger partial charge in [-0.2, -0.15) is 0 Å². The number of hydrogen-bond acceptors (Lipinski definition) is 3. The monoisotopic (exact) mass is 277 g/mol. The van der Waals surface area contributed by atoms with E-state index in [4.69, 9.17) is 21.1 Å². The van der Waals surface area contributed by atoms with Crippen LogP contribution in [0.15, 0.2) is 28.7 Å². The van der Waals surface area contributed by atoms with Crippen molar-refractivity contribution >= 4 is 29.7 Å². The number of aliphatic carboxylic acids is 1. The second kappa shape index (κ2) is 5.71. The molecule has 2 rings (SSSR count). The highest BCUT2D eigenvalue weighted by atomic mass is 35.5. The summed E-state index contributed by atoms with van der Waals surface area (Å²) in [5.41, 5.74) is 1.36. The van der Waals surface area contributed by atoms with Crippen LogP contribution >= 0.6 is 11.6 Å². The van der Waals surface area contributed by atoms with E-state index in [2.05, 4.69) is 4.98 Å². The van der Waals surface area contributed by atoms with Gasteiger partial charge in [0.25, 0.3) is 0 Å². The summed E-state index contributed by atoms with van der Waals surface area (Å²) in [6.45, 7) is 1.70. The molecule has 19 heavy (non-hydrogen) atoms. The molecule has 2 aromatic rings. The highest BCUT2D eigenvalue weighted by molar-refractivity contribution is 6.30. The zero-order valence-corrected chi connectivity index (χ0v) is 11.0. The normalized spacial score (nSPS) is 11.1. The topological polar surface area (TPSA) is 63.3 Å². The van der Waals surface area contributed by atoms with E-state index >= 15 is 0 Å². The molecule has 0 atom stereocenters. The second-order valence-electron chi connectivity index (χ2n) is 4.01. The van der Waals surface area contributed by atoms with Crippen LogP contribution in [-0.2, 0) is 11.2 Å². The predicted molar refractivity (Wildman–Crippen MR) is 73.0 cm³/mol. The SMILES string of the molecule is Cc1oc(/C=C/c2cccc(Cl)c2)nc1CC(=O)O. The van der Waals surface area contributed by atoms with Crippen LogP contribution in [0.1, 0.15) is 22.9 Å². The minimum atomic E-state index is -0.929. The average Bonchev–Trinajstić information content (AvgIpc) is 2.67. The van der Waals surface area contributed by atoms with Crippen molar-refractivity contribution in [3.05, 3.63) is 52.2 Å². The van der Waals surface area contributed by atoms with Gasteiger partial charge in [-0.15, -0.1) is 0 Å². The lowest BCUT2D eigenvalue weighted by molar-refractivity contribution is -0.136. The van der Waals surface area contributed by atoms with Gasteiger partial charge in [-0.25, -0.2) is 4.98 Å². The van der Waals surface area contributed by atoms with E-state index < -0.39 is 5.97 Å². The first-order valence-corrected chi connectivity index (χ1v) is 6.04. The number of carboxylic acids is 1. The standard InChI is InChI=1S/C14H12ClNO3/c1-9-12(8-14(17)18)16-13(19-9)6-5-10-3-2-4-11(15)7-10/h2-7H,8H2,1H3,(H,17,18)/b6-5+. The summed E-state index contributed by atoms with van der Waals surface area (Å²) in [5.74, 6) is -0.0244. The van der Waals surface area contributed by atoms with Gasteiger partial charge in [0.05, 0.1) is 12.1 Å². The Morgan fingerprint density at radius 3 is 2.95 bits per heavy atom. The summed E-state index contributed by atoms with van der Waals surface area (Å²) in [7, 11) is 0. The third kappa shape index (κ3) is 3.69. The number of hydrogen-bond donors (Lipinski definition) is 1. The Balaban J connectivity index is 2.17. The summed E-state index contributed by atoms with van der Waals surface area (Å²) in [4.78, 5) is 14.8. The van der Waals surface area contributed by atoms with Crippen LogP contribution in [0.4, 0.5) is 0 Å². The number of aromatic nitrogens is 1. The molecule has 0 unspecified atom stereocenters.